The lowest BCUT2D eigenvalue weighted by atomic mass is 9.83. The monoisotopic (exact) mass is 528 g/mol. The molecule has 0 heterocycles. The van der Waals surface area contributed by atoms with E-state index in [4.69, 9.17) is 9.47 Å². The average Bonchev–Trinajstić information content (AvgIpc) is 2.98. The van der Waals surface area contributed by atoms with Crippen molar-refractivity contribution in [3.63, 3.8) is 0 Å². The maximum absolute atomic E-state index is 12.8. The lowest BCUT2D eigenvalue weighted by Crippen LogP contribution is -2.44. The first-order valence-electron chi connectivity index (χ1n) is 13.5. The Labute approximate surface area is 229 Å². The molecule has 0 spiro atoms. The molecule has 0 aromatic heterocycles. The van der Waals surface area contributed by atoms with Crippen LogP contribution in [0.3, 0.4) is 0 Å². The van der Waals surface area contributed by atoms with Gasteiger partial charge in [0.05, 0.1) is 7.11 Å². The predicted molar refractivity (Wildman–Crippen MR) is 149 cm³/mol. The Kier molecular flexibility index (Phi) is 10.1. The van der Waals surface area contributed by atoms with E-state index < -0.39 is 12.0 Å². The van der Waals surface area contributed by atoms with Gasteiger partial charge in [-0.3, -0.25) is 9.59 Å². The Hall–Kier alpha value is -4.13. The standard InChI is InChI=1S/C32H36N2O5/c1-38-32(37)29(20-23-14-18-28(19-15-23)39-22-25-8-4-2-5-9-25)34-30(35)21-24-12-16-27(17-13-24)33-31(36)26-10-6-3-7-11-26/h2-11,14-15,18-19,24,27,29H,12-13,16-17,20-22H2,1H3,(H,33,36)(H,34,35)/t24?,27?,29-/m0/s1. The zero-order chi connectivity index (χ0) is 27.5. The van der Waals surface area contributed by atoms with Crippen LogP contribution in [0.15, 0.2) is 84.9 Å². The molecule has 0 aliphatic heterocycles. The number of hydrogen-bond donors (Lipinski definition) is 2. The number of rotatable bonds is 11. The van der Waals surface area contributed by atoms with Gasteiger partial charge in [-0.1, -0.05) is 60.7 Å². The topological polar surface area (TPSA) is 93.7 Å². The Morgan fingerprint density at radius 1 is 0.821 bits per heavy atom. The van der Waals surface area contributed by atoms with E-state index in [1.807, 2.05) is 72.8 Å². The van der Waals surface area contributed by atoms with Crippen molar-refractivity contribution in [2.45, 2.75) is 57.2 Å². The van der Waals surface area contributed by atoms with Crippen molar-refractivity contribution in [3.8, 4) is 5.75 Å². The number of ether oxygens (including phenoxy) is 2. The molecule has 0 unspecified atom stereocenters. The van der Waals surface area contributed by atoms with Gasteiger partial charge in [-0.05, 0) is 67.0 Å². The normalized spacial score (nSPS) is 17.5. The van der Waals surface area contributed by atoms with Crippen molar-refractivity contribution in [1.82, 2.24) is 10.6 Å². The first kappa shape index (κ1) is 27.9. The summed E-state index contributed by atoms with van der Waals surface area (Å²) in [5.41, 5.74) is 2.63. The van der Waals surface area contributed by atoms with E-state index in [-0.39, 0.29) is 23.8 Å². The number of benzene rings is 3. The SMILES string of the molecule is COC(=O)[C@H](Cc1ccc(OCc2ccccc2)cc1)NC(=O)CC1CCC(NC(=O)c2ccccc2)CC1. The third-order valence-corrected chi connectivity index (χ3v) is 7.12. The van der Waals surface area contributed by atoms with Crippen LogP contribution in [0, 0.1) is 5.92 Å². The van der Waals surface area contributed by atoms with Crippen LogP contribution in [0.1, 0.15) is 53.6 Å². The van der Waals surface area contributed by atoms with Gasteiger partial charge in [-0.25, -0.2) is 4.79 Å². The van der Waals surface area contributed by atoms with E-state index in [0.29, 0.717) is 25.0 Å². The zero-order valence-corrected chi connectivity index (χ0v) is 22.3. The summed E-state index contributed by atoms with van der Waals surface area (Å²) in [4.78, 5) is 37.7. The van der Waals surface area contributed by atoms with Crippen LogP contribution in [0.4, 0.5) is 0 Å². The molecule has 2 amide bonds. The zero-order valence-electron chi connectivity index (χ0n) is 22.3. The first-order valence-corrected chi connectivity index (χ1v) is 13.5. The lowest BCUT2D eigenvalue weighted by Gasteiger charge is -2.29. The number of carbonyl (C=O) groups excluding carboxylic acids is 3. The van der Waals surface area contributed by atoms with Gasteiger partial charge in [-0.15, -0.1) is 0 Å². The molecule has 0 radical (unpaired) electrons. The fraction of sp³-hybridized carbons (Fsp3) is 0.344. The van der Waals surface area contributed by atoms with Gasteiger partial charge >= 0.3 is 5.97 Å². The Morgan fingerprint density at radius 3 is 2.10 bits per heavy atom. The van der Waals surface area contributed by atoms with Gasteiger partial charge in [0.2, 0.25) is 5.91 Å². The van der Waals surface area contributed by atoms with Gasteiger partial charge in [0.1, 0.15) is 18.4 Å². The van der Waals surface area contributed by atoms with Crippen LogP contribution in [-0.4, -0.2) is 37.0 Å². The Balaban J connectivity index is 1.22. The highest BCUT2D eigenvalue weighted by Crippen LogP contribution is 2.27. The number of methoxy groups -OCH3 is 1. The molecule has 7 nitrogen and oxygen atoms in total. The van der Waals surface area contributed by atoms with Crippen LogP contribution in [0.5, 0.6) is 5.75 Å². The average molecular weight is 529 g/mol. The minimum absolute atomic E-state index is 0.0616. The molecule has 1 aliphatic rings. The molecule has 1 fully saturated rings. The predicted octanol–water partition coefficient (Wildman–Crippen LogP) is 4.84. The molecule has 204 valence electrons. The van der Waals surface area contributed by atoms with Crippen molar-refractivity contribution < 1.29 is 23.9 Å². The molecule has 1 aliphatic carbocycles. The molecule has 3 aromatic rings. The molecule has 3 aromatic carbocycles. The molecule has 0 saturated heterocycles. The molecular formula is C32H36N2O5. The van der Waals surface area contributed by atoms with Crippen molar-refractivity contribution in [1.29, 1.82) is 0 Å². The van der Waals surface area contributed by atoms with Gasteiger partial charge < -0.3 is 20.1 Å². The van der Waals surface area contributed by atoms with Crippen LogP contribution in [0.2, 0.25) is 0 Å². The number of esters is 1. The highest BCUT2D eigenvalue weighted by atomic mass is 16.5. The van der Waals surface area contributed by atoms with Gasteiger partial charge in [0, 0.05) is 24.4 Å². The fourth-order valence-electron chi connectivity index (χ4n) is 4.92. The largest absolute Gasteiger partial charge is 0.489 e. The molecule has 1 atom stereocenters. The molecule has 7 heteroatoms. The number of carbonyl (C=O) groups is 3. The molecule has 2 N–H and O–H groups in total. The Bertz CT molecular complexity index is 1210. The summed E-state index contributed by atoms with van der Waals surface area (Å²) in [6, 6.07) is 26.0. The Morgan fingerprint density at radius 2 is 1.46 bits per heavy atom. The van der Waals surface area contributed by atoms with Crippen LogP contribution >= 0.6 is 0 Å². The van der Waals surface area contributed by atoms with Crippen molar-refractivity contribution in [3.05, 3.63) is 102 Å². The quantitative estimate of drug-likeness (QED) is 0.347. The fourth-order valence-corrected chi connectivity index (χ4v) is 4.92. The second kappa shape index (κ2) is 14.1. The van der Waals surface area contributed by atoms with Crippen molar-refractivity contribution in [2.75, 3.05) is 7.11 Å². The molecule has 0 bridgehead atoms. The molecule has 1 saturated carbocycles. The summed E-state index contributed by atoms with van der Waals surface area (Å²) < 4.78 is 10.8. The van der Waals surface area contributed by atoms with Crippen molar-refractivity contribution in [2.24, 2.45) is 5.92 Å². The summed E-state index contributed by atoms with van der Waals surface area (Å²) in [7, 11) is 1.33. The van der Waals surface area contributed by atoms with Crippen LogP contribution < -0.4 is 15.4 Å². The van der Waals surface area contributed by atoms with Gasteiger partial charge in [0.15, 0.2) is 0 Å². The van der Waals surface area contributed by atoms with Crippen LogP contribution in [-0.2, 0) is 27.4 Å². The summed E-state index contributed by atoms with van der Waals surface area (Å²) >= 11 is 0. The maximum Gasteiger partial charge on any atom is 0.328 e. The van der Waals surface area contributed by atoms with E-state index >= 15 is 0 Å². The highest BCUT2D eigenvalue weighted by molar-refractivity contribution is 5.94. The molecule has 4 rings (SSSR count). The van der Waals surface area contributed by atoms with E-state index in [9.17, 15) is 14.4 Å². The van der Waals surface area contributed by atoms with Crippen LogP contribution in [0.25, 0.3) is 0 Å². The number of amides is 2. The second-order valence-corrected chi connectivity index (χ2v) is 10.0. The van der Waals surface area contributed by atoms with E-state index in [2.05, 4.69) is 10.6 Å². The lowest BCUT2D eigenvalue weighted by molar-refractivity contribution is -0.145. The minimum atomic E-state index is -0.764. The minimum Gasteiger partial charge on any atom is -0.489 e. The summed E-state index contributed by atoms with van der Waals surface area (Å²) in [5, 5.41) is 5.98. The summed E-state index contributed by atoms with van der Waals surface area (Å²) in [6.45, 7) is 0.475. The summed E-state index contributed by atoms with van der Waals surface area (Å²) in [6.07, 6.45) is 4.03. The number of nitrogens with one attached hydrogen (secondary N) is 2. The highest BCUT2D eigenvalue weighted by Gasteiger charge is 2.27. The molecule has 39 heavy (non-hydrogen) atoms. The third-order valence-electron chi connectivity index (χ3n) is 7.12. The summed E-state index contributed by atoms with van der Waals surface area (Å²) in [5.74, 6) is 0.254. The second-order valence-electron chi connectivity index (χ2n) is 10.0. The third kappa shape index (κ3) is 8.70. The van der Waals surface area contributed by atoms with E-state index in [1.54, 1.807) is 12.1 Å². The van der Waals surface area contributed by atoms with Gasteiger partial charge in [-0.2, -0.15) is 0 Å². The van der Waals surface area contributed by atoms with Gasteiger partial charge in [0.25, 0.3) is 5.91 Å². The maximum atomic E-state index is 12.8. The molecular weight excluding hydrogens is 492 g/mol. The smallest absolute Gasteiger partial charge is 0.328 e. The van der Waals surface area contributed by atoms with Crippen molar-refractivity contribution >= 4 is 17.8 Å². The first-order chi connectivity index (χ1) is 19.0. The number of hydrogen-bond acceptors (Lipinski definition) is 5. The van der Waals surface area contributed by atoms with E-state index in [1.165, 1.54) is 7.11 Å². The van der Waals surface area contributed by atoms with E-state index in [0.717, 1.165) is 42.6 Å².